The zero-order valence-corrected chi connectivity index (χ0v) is 8.28. The fraction of sp³-hybridized carbons (Fsp3) is 0.375. The number of halogens is 6. The van der Waals surface area contributed by atoms with Crippen LogP contribution in [0.5, 0.6) is 5.75 Å². The number of nitrogens with zero attached hydrogens (tertiary/aromatic N) is 1. The maximum Gasteiger partial charge on any atom is 0.418 e. The smallest absolute Gasteiger partial charge is 0.418 e. The van der Waals surface area contributed by atoms with Crippen molar-refractivity contribution in [1.82, 2.24) is 4.98 Å². The number of aromatic hydroxyl groups is 1. The Hall–Kier alpha value is -1.11. The Morgan fingerprint density at radius 3 is 2.31 bits per heavy atom. The first-order valence-corrected chi connectivity index (χ1v) is 4.44. The molecule has 0 fully saturated rings. The Morgan fingerprint density at radius 2 is 1.94 bits per heavy atom. The molecular formula is C8H5ClF5NO. The van der Waals surface area contributed by atoms with E-state index >= 15 is 0 Å². The number of alkyl halides is 6. The molecule has 1 aromatic rings. The highest BCUT2D eigenvalue weighted by molar-refractivity contribution is 6.17. The lowest BCUT2D eigenvalue weighted by atomic mass is 10.1. The van der Waals surface area contributed by atoms with E-state index in [1.165, 1.54) is 0 Å². The Kier molecular flexibility index (Phi) is 3.57. The van der Waals surface area contributed by atoms with Crippen LogP contribution in [0.3, 0.4) is 0 Å². The van der Waals surface area contributed by atoms with Crippen molar-refractivity contribution in [2.24, 2.45) is 0 Å². The molecule has 0 spiro atoms. The number of aromatic nitrogens is 1. The van der Waals surface area contributed by atoms with Crippen LogP contribution in [-0.4, -0.2) is 10.1 Å². The quantitative estimate of drug-likeness (QED) is 0.653. The van der Waals surface area contributed by atoms with E-state index in [4.69, 9.17) is 16.7 Å². The standard InChI is InChI=1S/C8H5ClF5NO/c9-1-3-6(8(12,13)14)5(7(10)11)4(16)2-15-3/h2,7,16H,1H2. The van der Waals surface area contributed by atoms with E-state index in [9.17, 15) is 22.0 Å². The van der Waals surface area contributed by atoms with Gasteiger partial charge < -0.3 is 5.11 Å². The molecule has 0 radical (unpaired) electrons. The molecule has 1 aromatic heterocycles. The number of pyridine rings is 1. The number of hydrogen-bond donors (Lipinski definition) is 1. The van der Waals surface area contributed by atoms with Crippen molar-refractivity contribution < 1.29 is 27.1 Å². The fourth-order valence-corrected chi connectivity index (χ4v) is 1.40. The summed E-state index contributed by atoms with van der Waals surface area (Å²) in [7, 11) is 0. The van der Waals surface area contributed by atoms with Crippen LogP contribution < -0.4 is 0 Å². The second-order valence-electron chi connectivity index (χ2n) is 2.81. The second-order valence-corrected chi connectivity index (χ2v) is 3.08. The Morgan fingerprint density at radius 1 is 1.38 bits per heavy atom. The maximum absolute atomic E-state index is 12.5. The lowest BCUT2D eigenvalue weighted by Crippen LogP contribution is -2.14. The van der Waals surface area contributed by atoms with Crippen molar-refractivity contribution in [1.29, 1.82) is 0 Å². The summed E-state index contributed by atoms with van der Waals surface area (Å²) in [5.74, 6) is -1.87. The van der Waals surface area contributed by atoms with E-state index in [0.29, 0.717) is 6.20 Å². The third kappa shape index (κ3) is 2.34. The number of rotatable bonds is 2. The van der Waals surface area contributed by atoms with Crippen LogP contribution in [0.4, 0.5) is 22.0 Å². The molecule has 0 aliphatic rings. The Labute approximate surface area is 91.7 Å². The van der Waals surface area contributed by atoms with E-state index in [1.807, 2.05) is 0 Å². The first-order chi connectivity index (χ1) is 7.29. The third-order valence-corrected chi connectivity index (χ3v) is 2.06. The molecule has 0 aliphatic heterocycles. The summed E-state index contributed by atoms with van der Waals surface area (Å²) in [6, 6.07) is 0. The van der Waals surface area contributed by atoms with Crippen LogP contribution in [0, 0.1) is 0 Å². The van der Waals surface area contributed by atoms with E-state index in [-0.39, 0.29) is 0 Å². The lowest BCUT2D eigenvalue weighted by molar-refractivity contribution is -0.140. The average Bonchev–Trinajstić information content (AvgIpc) is 2.15. The van der Waals surface area contributed by atoms with Gasteiger partial charge in [-0.3, -0.25) is 4.98 Å². The van der Waals surface area contributed by atoms with Crippen molar-refractivity contribution in [2.45, 2.75) is 18.5 Å². The van der Waals surface area contributed by atoms with Crippen LogP contribution in [0.1, 0.15) is 23.2 Å². The van der Waals surface area contributed by atoms with E-state index in [2.05, 4.69) is 4.98 Å². The maximum atomic E-state index is 12.5. The van der Waals surface area contributed by atoms with Gasteiger partial charge in [0.1, 0.15) is 5.75 Å². The van der Waals surface area contributed by atoms with E-state index in [0.717, 1.165) is 0 Å². The summed E-state index contributed by atoms with van der Waals surface area (Å²) in [6.45, 7) is 0. The van der Waals surface area contributed by atoms with Crippen LogP contribution in [0.2, 0.25) is 0 Å². The summed E-state index contributed by atoms with van der Waals surface area (Å²) in [5, 5.41) is 8.96. The molecule has 0 atom stereocenters. The zero-order valence-electron chi connectivity index (χ0n) is 7.52. The van der Waals surface area contributed by atoms with Crippen molar-refractivity contribution in [3.05, 3.63) is 23.0 Å². The summed E-state index contributed by atoms with van der Waals surface area (Å²) in [4.78, 5) is 3.17. The van der Waals surface area contributed by atoms with Crippen LogP contribution in [0.25, 0.3) is 0 Å². The van der Waals surface area contributed by atoms with Gasteiger partial charge in [0.2, 0.25) is 0 Å². The third-order valence-electron chi connectivity index (χ3n) is 1.80. The summed E-state index contributed by atoms with van der Waals surface area (Å²) >= 11 is 5.18. The van der Waals surface area contributed by atoms with Gasteiger partial charge in [0.15, 0.2) is 0 Å². The normalized spacial score (nSPS) is 12.2. The van der Waals surface area contributed by atoms with Gasteiger partial charge in [-0.25, -0.2) is 8.78 Å². The van der Waals surface area contributed by atoms with E-state index < -0.39 is 41.1 Å². The summed E-state index contributed by atoms with van der Waals surface area (Å²) < 4.78 is 62.3. The minimum atomic E-state index is -5.04. The van der Waals surface area contributed by atoms with Crippen molar-refractivity contribution in [3.63, 3.8) is 0 Å². The molecule has 0 amide bonds. The molecule has 16 heavy (non-hydrogen) atoms. The monoisotopic (exact) mass is 261 g/mol. The van der Waals surface area contributed by atoms with Gasteiger partial charge in [-0.1, -0.05) is 0 Å². The molecule has 90 valence electrons. The molecule has 0 aromatic carbocycles. The highest BCUT2D eigenvalue weighted by atomic mass is 35.5. The molecule has 2 nitrogen and oxygen atoms in total. The molecule has 0 bridgehead atoms. The minimum Gasteiger partial charge on any atom is -0.506 e. The molecular weight excluding hydrogens is 257 g/mol. The van der Waals surface area contributed by atoms with Gasteiger partial charge in [-0.05, 0) is 0 Å². The van der Waals surface area contributed by atoms with Gasteiger partial charge >= 0.3 is 6.18 Å². The SMILES string of the molecule is Oc1cnc(CCl)c(C(F)(F)F)c1C(F)F. The molecule has 0 saturated carbocycles. The van der Waals surface area contributed by atoms with Gasteiger partial charge in [0.05, 0.1) is 28.9 Å². The molecule has 0 saturated heterocycles. The molecule has 0 unspecified atom stereocenters. The second kappa shape index (κ2) is 4.40. The van der Waals surface area contributed by atoms with Crippen LogP contribution in [0.15, 0.2) is 6.20 Å². The Balaban J connectivity index is 3.56. The summed E-state index contributed by atoms with van der Waals surface area (Å²) in [5.41, 5.74) is -3.89. The number of hydrogen-bond acceptors (Lipinski definition) is 2. The van der Waals surface area contributed by atoms with Crippen molar-refractivity contribution in [3.8, 4) is 5.75 Å². The summed E-state index contributed by atoms with van der Waals surface area (Å²) in [6.07, 6.45) is -7.97. The largest absolute Gasteiger partial charge is 0.506 e. The first kappa shape index (κ1) is 13.0. The van der Waals surface area contributed by atoms with E-state index in [1.54, 1.807) is 0 Å². The zero-order chi connectivity index (χ0) is 12.5. The average molecular weight is 262 g/mol. The minimum absolute atomic E-state index is 0.522. The van der Waals surface area contributed by atoms with Gasteiger partial charge in [-0.15, -0.1) is 11.6 Å². The molecule has 1 heterocycles. The fourth-order valence-electron chi connectivity index (χ4n) is 1.20. The van der Waals surface area contributed by atoms with Gasteiger partial charge in [0.25, 0.3) is 6.43 Å². The molecule has 8 heteroatoms. The van der Waals surface area contributed by atoms with Crippen molar-refractivity contribution >= 4 is 11.6 Å². The topological polar surface area (TPSA) is 33.1 Å². The van der Waals surface area contributed by atoms with Gasteiger partial charge in [0, 0.05) is 0 Å². The first-order valence-electron chi connectivity index (χ1n) is 3.91. The van der Waals surface area contributed by atoms with Gasteiger partial charge in [-0.2, -0.15) is 13.2 Å². The highest BCUT2D eigenvalue weighted by Crippen LogP contribution is 2.42. The van der Waals surface area contributed by atoms with Crippen LogP contribution >= 0.6 is 11.6 Å². The predicted octanol–water partition coefficient (Wildman–Crippen LogP) is 3.48. The Bertz CT molecular complexity index is 393. The molecule has 0 aliphatic carbocycles. The highest BCUT2D eigenvalue weighted by Gasteiger charge is 2.40. The lowest BCUT2D eigenvalue weighted by Gasteiger charge is -2.16. The predicted molar refractivity (Wildman–Crippen MR) is 45.4 cm³/mol. The molecule has 1 N–H and O–H groups in total. The van der Waals surface area contributed by atoms with Crippen molar-refractivity contribution in [2.75, 3.05) is 0 Å². The molecule has 1 rings (SSSR count). The van der Waals surface area contributed by atoms with Crippen LogP contribution in [-0.2, 0) is 12.1 Å².